The molecule has 0 aromatic heterocycles. The zero-order valence-electron chi connectivity index (χ0n) is 18.7. The first kappa shape index (κ1) is 25.0. The van der Waals surface area contributed by atoms with Crippen molar-refractivity contribution in [1.29, 1.82) is 0 Å². The molecule has 0 saturated carbocycles. The van der Waals surface area contributed by atoms with E-state index in [9.17, 15) is 0 Å². The SMILES string of the molecule is CN=C(NCCCCN(C)C(C)C)N1CCN(c2cccc(C)c2C)CC1.I. The summed E-state index contributed by atoms with van der Waals surface area (Å²) in [5.74, 6) is 1.05. The Kier molecular flexibility index (Phi) is 11.2. The predicted octanol–water partition coefficient (Wildman–Crippen LogP) is 3.74. The summed E-state index contributed by atoms with van der Waals surface area (Å²) >= 11 is 0. The van der Waals surface area contributed by atoms with Crippen LogP contribution in [0.5, 0.6) is 0 Å². The quantitative estimate of drug-likeness (QED) is 0.267. The lowest BCUT2D eigenvalue weighted by Gasteiger charge is -2.38. The molecule has 2 rings (SSSR count). The molecule has 6 heteroatoms. The van der Waals surface area contributed by atoms with E-state index in [1.165, 1.54) is 29.7 Å². The van der Waals surface area contributed by atoms with Gasteiger partial charge in [-0.05, 0) is 71.3 Å². The Balaban J connectivity index is 0.00000392. The Morgan fingerprint density at radius 1 is 1.14 bits per heavy atom. The molecule has 1 saturated heterocycles. The van der Waals surface area contributed by atoms with Gasteiger partial charge >= 0.3 is 0 Å². The summed E-state index contributed by atoms with van der Waals surface area (Å²) in [5.41, 5.74) is 4.15. The molecular weight excluding hydrogens is 461 g/mol. The van der Waals surface area contributed by atoms with E-state index in [-0.39, 0.29) is 24.0 Å². The lowest BCUT2D eigenvalue weighted by atomic mass is 10.1. The molecule has 0 aliphatic carbocycles. The maximum atomic E-state index is 4.50. The lowest BCUT2D eigenvalue weighted by molar-refractivity contribution is 0.268. The van der Waals surface area contributed by atoms with Gasteiger partial charge in [0.25, 0.3) is 0 Å². The van der Waals surface area contributed by atoms with Gasteiger partial charge in [-0.2, -0.15) is 0 Å². The third-order valence-corrected chi connectivity index (χ3v) is 5.81. The molecule has 1 fully saturated rings. The maximum absolute atomic E-state index is 4.50. The number of guanidine groups is 1. The van der Waals surface area contributed by atoms with E-state index >= 15 is 0 Å². The molecule has 28 heavy (non-hydrogen) atoms. The highest BCUT2D eigenvalue weighted by molar-refractivity contribution is 14.0. The van der Waals surface area contributed by atoms with Gasteiger partial charge in [-0.1, -0.05) is 12.1 Å². The second-order valence-electron chi connectivity index (χ2n) is 7.95. The first-order valence-corrected chi connectivity index (χ1v) is 10.4. The highest BCUT2D eigenvalue weighted by Crippen LogP contribution is 2.23. The molecule has 0 radical (unpaired) electrons. The van der Waals surface area contributed by atoms with Crippen LogP contribution in [0.3, 0.4) is 0 Å². The van der Waals surface area contributed by atoms with Crippen molar-refractivity contribution in [2.24, 2.45) is 4.99 Å². The summed E-state index contributed by atoms with van der Waals surface area (Å²) in [6.45, 7) is 15.2. The van der Waals surface area contributed by atoms with E-state index in [1.54, 1.807) is 0 Å². The van der Waals surface area contributed by atoms with Crippen molar-refractivity contribution in [3.8, 4) is 0 Å². The molecule has 1 aliphatic heterocycles. The minimum absolute atomic E-state index is 0. The van der Waals surface area contributed by atoms with Crippen LogP contribution >= 0.6 is 24.0 Å². The molecule has 1 aromatic carbocycles. The Morgan fingerprint density at radius 3 is 2.43 bits per heavy atom. The average Bonchev–Trinajstić information content (AvgIpc) is 2.67. The number of hydrogen-bond acceptors (Lipinski definition) is 3. The van der Waals surface area contributed by atoms with E-state index in [0.717, 1.165) is 45.2 Å². The number of anilines is 1. The number of halogens is 1. The van der Waals surface area contributed by atoms with E-state index in [1.807, 2.05) is 7.05 Å². The van der Waals surface area contributed by atoms with Gasteiger partial charge in [0.1, 0.15) is 0 Å². The largest absolute Gasteiger partial charge is 0.368 e. The van der Waals surface area contributed by atoms with Crippen molar-refractivity contribution in [3.63, 3.8) is 0 Å². The monoisotopic (exact) mass is 501 g/mol. The number of nitrogens with one attached hydrogen (secondary N) is 1. The maximum Gasteiger partial charge on any atom is 0.193 e. The number of unbranched alkanes of at least 4 members (excludes halogenated alkanes) is 1. The summed E-state index contributed by atoms with van der Waals surface area (Å²) < 4.78 is 0. The van der Waals surface area contributed by atoms with Crippen molar-refractivity contribution in [2.45, 2.75) is 46.6 Å². The molecule has 0 unspecified atom stereocenters. The zero-order valence-corrected chi connectivity index (χ0v) is 21.0. The van der Waals surface area contributed by atoms with Crippen LogP contribution in [-0.4, -0.2) is 75.2 Å². The lowest BCUT2D eigenvalue weighted by Crippen LogP contribution is -2.52. The fourth-order valence-corrected chi connectivity index (χ4v) is 3.51. The highest BCUT2D eigenvalue weighted by atomic mass is 127. The van der Waals surface area contributed by atoms with Crippen LogP contribution in [0.25, 0.3) is 0 Å². The first-order valence-electron chi connectivity index (χ1n) is 10.4. The Labute approximate surface area is 189 Å². The van der Waals surface area contributed by atoms with Crippen LogP contribution in [0, 0.1) is 13.8 Å². The summed E-state index contributed by atoms with van der Waals surface area (Å²) in [7, 11) is 4.10. The van der Waals surface area contributed by atoms with Crippen LogP contribution in [0.1, 0.15) is 37.8 Å². The van der Waals surface area contributed by atoms with Crippen LogP contribution in [0.15, 0.2) is 23.2 Å². The minimum Gasteiger partial charge on any atom is -0.368 e. The Morgan fingerprint density at radius 2 is 1.82 bits per heavy atom. The Bertz CT molecular complexity index is 609. The van der Waals surface area contributed by atoms with Gasteiger partial charge in [-0.25, -0.2) is 0 Å². The van der Waals surface area contributed by atoms with Crippen molar-refractivity contribution >= 4 is 35.6 Å². The van der Waals surface area contributed by atoms with Crippen molar-refractivity contribution in [2.75, 3.05) is 58.3 Å². The fourth-order valence-electron chi connectivity index (χ4n) is 3.51. The Hall–Kier alpha value is -1.02. The topological polar surface area (TPSA) is 34.1 Å². The van der Waals surface area contributed by atoms with Crippen molar-refractivity contribution < 1.29 is 0 Å². The fraction of sp³-hybridized carbons (Fsp3) is 0.682. The van der Waals surface area contributed by atoms with Crippen molar-refractivity contribution in [3.05, 3.63) is 29.3 Å². The van der Waals surface area contributed by atoms with Gasteiger partial charge < -0.3 is 20.0 Å². The molecule has 1 aliphatic rings. The van der Waals surface area contributed by atoms with Crippen LogP contribution in [0.2, 0.25) is 0 Å². The third kappa shape index (κ3) is 7.10. The molecule has 0 amide bonds. The van der Waals surface area contributed by atoms with E-state index in [2.05, 4.69) is 78.0 Å². The predicted molar refractivity (Wildman–Crippen MR) is 133 cm³/mol. The number of aliphatic imine (C=N–C) groups is 1. The smallest absolute Gasteiger partial charge is 0.193 e. The van der Waals surface area contributed by atoms with Gasteiger partial charge in [0.15, 0.2) is 5.96 Å². The van der Waals surface area contributed by atoms with Crippen LogP contribution in [-0.2, 0) is 0 Å². The van der Waals surface area contributed by atoms with Gasteiger partial charge in [0.2, 0.25) is 0 Å². The normalized spacial score (nSPS) is 15.2. The van der Waals surface area contributed by atoms with Gasteiger partial charge in [0.05, 0.1) is 0 Å². The average molecular weight is 502 g/mol. The van der Waals surface area contributed by atoms with E-state index < -0.39 is 0 Å². The molecule has 5 nitrogen and oxygen atoms in total. The summed E-state index contributed by atoms with van der Waals surface area (Å²) in [5, 5.41) is 3.56. The molecule has 1 heterocycles. The first-order chi connectivity index (χ1) is 12.9. The summed E-state index contributed by atoms with van der Waals surface area (Å²) in [4.78, 5) is 11.8. The number of piperazine rings is 1. The molecule has 160 valence electrons. The second kappa shape index (κ2) is 12.5. The molecule has 0 bridgehead atoms. The minimum atomic E-state index is 0. The van der Waals surface area contributed by atoms with Gasteiger partial charge in [0, 0.05) is 51.5 Å². The molecule has 0 spiro atoms. The standard InChI is InChI=1S/C22H39N5.HI/c1-18(2)25(6)13-8-7-12-24-22(23-5)27-16-14-26(15-17-27)21-11-9-10-19(3)20(21)4;/h9-11,18H,7-8,12-17H2,1-6H3,(H,23,24);1H. The van der Waals surface area contributed by atoms with Crippen LogP contribution < -0.4 is 10.2 Å². The molecule has 0 atom stereocenters. The number of benzene rings is 1. The second-order valence-corrected chi connectivity index (χ2v) is 7.95. The number of nitrogens with zero attached hydrogens (tertiary/aromatic N) is 4. The number of hydrogen-bond donors (Lipinski definition) is 1. The van der Waals surface area contributed by atoms with Crippen molar-refractivity contribution in [1.82, 2.24) is 15.1 Å². The highest BCUT2D eigenvalue weighted by Gasteiger charge is 2.20. The summed E-state index contributed by atoms with van der Waals surface area (Å²) in [6.07, 6.45) is 2.40. The molecular formula is C22H40IN5. The van der Waals surface area contributed by atoms with Crippen LogP contribution in [0.4, 0.5) is 5.69 Å². The van der Waals surface area contributed by atoms with Gasteiger partial charge in [-0.15, -0.1) is 24.0 Å². The summed E-state index contributed by atoms with van der Waals surface area (Å²) in [6, 6.07) is 7.24. The number of aryl methyl sites for hydroxylation is 1. The van der Waals surface area contributed by atoms with Gasteiger partial charge in [-0.3, -0.25) is 4.99 Å². The third-order valence-electron chi connectivity index (χ3n) is 5.81. The van der Waals surface area contributed by atoms with E-state index in [0.29, 0.717) is 6.04 Å². The molecule has 1 N–H and O–H groups in total. The molecule has 1 aromatic rings. The number of rotatable bonds is 7. The zero-order chi connectivity index (χ0) is 19.8. The van der Waals surface area contributed by atoms with E-state index in [4.69, 9.17) is 0 Å².